The van der Waals surface area contributed by atoms with Crippen LogP contribution in [-0.4, -0.2) is 26.6 Å². The van der Waals surface area contributed by atoms with Crippen molar-refractivity contribution in [3.05, 3.63) is 26.6 Å². The van der Waals surface area contributed by atoms with E-state index in [0.29, 0.717) is 5.75 Å². The Balaban J connectivity index is 2.82. The molecule has 0 bridgehead atoms. The molecule has 17 heavy (non-hydrogen) atoms. The molecule has 4 nitrogen and oxygen atoms in total. The number of benzene rings is 1. The summed E-state index contributed by atoms with van der Waals surface area (Å²) in [6.07, 6.45) is 0. The topological polar surface area (TPSA) is 50.4 Å². The van der Waals surface area contributed by atoms with E-state index in [1.807, 2.05) is 19.2 Å². The van der Waals surface area contributed by atoms with Gasteiger partial charge in [-0.1, -0.05) is 0 Å². The maximum atomic E-state index is 11.1. The maximum Gasteiger partial charge on any atom is 0.257 e. The van der Waals surface area contributed by atoms with Gasteiger partial charge >= 0.3 is 0 Å². The van der Waals surface area contributed by atoms with Gasteiger partial charge in [-0.25, -0.2) is 0 Å². The Morgan fingerprint density at radius 2 is 1.88 bits per heavy atom. The minimum atomic E-state index is -0.164. The van der Waals surface area contributed by atoms with Gasteiger partial charge in [-0.05, 0) is 56.6 Å². The first-order valence-corrected chi connectivity index (χ1v) is 6.63. The molecule has 6 heteroatoms. The summed E-state index contributed by atoms with van der Waals surface area (Å²) in [4.78, 5) is 11.1. The van der Waals surface area contributed by atoms with E-state index >= 15 is 0 Å². The second kappa shape index (κ2) is 6.98. The Kier molecular flexibility index (Phi) is 5.94. The van der Waals surface area contributed by atoms with Gasteiger partial charge in [0.1, 0.15) is 5.75 Å². The molecule has 0 heterocycles. The first-order valence-electron chi connectivity index (χ1n) is 5.04. The molecule has 0 radical (unpaired) electrons. The molecule has 0 saturated heterocycles. The van der Waals surface area contributed by atoms with Crippen LogP contribution in [0.5, 0.6) is 5.75 Å². The molecule has 2 N–H and O–H groups in total. The van der Waals surface area contributed by atoms with Crippen molar-refractivity contribution in [2.24, 2.45) is 0 Å². The van der Waals surface area contributed by atoms with Crippen molar-refractivity contribution in [2.45, 2.75) is 6.54 Å². The van der Waals surface area contributed by atoms with Crippen LogP contribution in [-0.2, 0) is 11.3 Å². The summed E-state index contributed by atoms with van der Waals surface area (Å²) in [5.74, 6) is 0.469. The second-order valence-corrected chi connectivity index (χ2v) is 5.09. The summed E-state index contributed by atoms with van der Waals surface area (Å²) < 4.78 is 7.07. The number of halogens is 2. The van der Waals surface area contributed by atoms with Gasteiger partial charge in [0.15, 0.2) is 6.61 Å². The SMILES string of the molecule is CNCc1cc(Br)c(OCC(=O)NC)c(Br)c1. The lowest BCUT2D eigenvalue weighted by Crippen LogP contribution is -2.25. The molecule has 0 saturated carbocycles. The first-order chi connectivity index (χ1) is 8.08. The molecule has 1 aromatic rings. The van der Waals surface area contributed by atoms with E-state index in [9.17, 15) is 4.79 Å². The van der Waals surface area contributed by atoms with Crippen molar-refractivity contribution in [2.75, 3.05) is 20.7 Å². The van der Waals surface area contributed by atoms with Crippen LogP contribution in [0, 0.1) is 0 Å². The van der Waals surface area contributed by atoms with E-state index in [-0.39, 0.29) is 12.5 Å². The predicted molar refractivity (Wildman–Crippen MR) is 74.2 cm³/mol. The lowest BCUT2D eigenvalue weighted by atomic mass is 10.2. The molecule has 1 rings (SSSR count). The van der Waals surface area contributed by atoms with E-state index in [2.05, 4.69) is 42.5 Å². The summed E-state index contributed by atoms with van der Waals surface area (Å²) in [7, 11) is 3.46. The third-order valence-corrected chi connectivity index (χ3v) is 3.24. The van der Waals surface area contributed by atoms with E-state index in [4.69, 9.17) is 4.74 Å². The van der Waals surface area contributed by atoms with Gasteiger partial charge in [0.05, 0.1) is 8.95 Å². The number of rotatable bonds is 5. The van der Waals surface area contributed by atoms with Gasteiger partial charge in [-0.3, -0.25) is 4.79 Å². The Morgan fingerprint density at radius 3 is 2.35 bits per heavy atom. The van der Waals surface area contributed by atoms with Crippen LogP contribution in [0.4, 0.5) is 0 Å². The average Bonchev–Trinajstić information content (AvgIpc) is 2.28. The molecule has 1 amide bonds. The Hall–Kier alpha value is -0.590. The fraction of sp³-hybridized carbons (Fsp3) is 0.364. The minimum Gasteiger partial charge on any atom is -0.481 e. The summed E-state index contributed by atoms with van der Waals surface area (Å²) in [6, 6.07) is 3.92. The second-order valence-electron chi connectivity index (χ2n) is 3.38. The van der Waals surface area contributed by atoms with Crippen molar-refractivity contribution in [3.8, 4) is 5.75 Å². The van der Waals surface area contributed by atoms with Gasteiger partial charge in [-0.15, -0.1) is 0 Å². The van der Waals surface area contributed by atoms with Crippen molar-refractivity contribution in [3.63, 3.8) is 0 Å². The molecule has 0 aliphatic heterocycles. The molecule has 0 fully saturated rings. The molecule has 0 unspecified atom stereocenters. The first kappa shape index (κ1) is 14.5. The molecule has 0 atom stereocenters. The van der Waals surface area contributed by atoms with E-state index in [1.165, 1.54) is 0 Å². The normalized spacial score (nSPS) is 10.1. The zero-order valence-electron chi connectivity index (χ0n) is 9.64. The fourth-order valence-corrected chi connectivity index (χ4v) is 2.78. The van der Waals surface area contributed by atoms with Crippen LogP contribution < -0.4 is 15.4 Å². The number of carbonyl (C=O) groups excluding carboxylic acids is 1. The lowest BCUT2D eigenvalue weighted by molar-refractivity contribution is -0.122. The number of carbonyl (C=O) groups is 1. The number of hydrogen-bond donors (Lipinski definition) is 2. The Labute approximate surface area is 117 Å². The van der Waals surface area contributed by atoms with E-state index in [1.54, 1.807) is 7.05 Å². The molecule has 0 spiro atoms. The van der Waals surface area contributed by atoms with Crippen LogP contribution in [0.25, 0.3) is 0 Å². The summed E-state index contributed by atoms with van der Waals surface area (Å²) in [5.41, 5.74) is 1.12. The zero-order valence-corrected chi connectivity index (χ0v) is 12.8. The number of hydrogen-bond acceptors (Lipinski definition) is 3. The standard InChI is InChI=1S/C11H14Br2N2O2/c1-14-5-7-3-8(12)11(9(13)4-7)17-6-10(16)15-2/h3-4,14H,5-6H2,1-2H3,(H,15,16). The van der Waals surface area contributed by atoms with Crippen LogP contribution in [0.1, 0.15) is 5.56 Å². The highest BCUT2D eigenvalue weighted by molar-refractivity contribution is 9.11. The fourth-order valence-electron chi connectivity index (χ4n) is 1.27. The third-order valence-electron chi connectivity index (χ3n) is 2.07. The summed E-state index contributed by atoms with van der Waals surface area (Å²) in [5, 5.41) is 5.57. The van der Waals surface area contributed by atoms with E-state index in [0.717, 1.165) is 21.1 Å². The van der Waals surface area contributed by atoms with Crippen LogP contribution in [0.3, 0.4) is 0 Å². The van der Waals surface area contributed by atoms with Crippen molar-refractivity contribution in [1.29, 1.82) is 0 Å². The quantitative estimate of drug-likeness (QED) is 0.839. The molecular formula is C11H14Br2N2O2. The van der Waals surface area contributed by atoms with Crippen molar-refractivity contribution >= 4 is 37.8 Å². The number of amides is 1. The number of likely N-dealkylation sites (N-methyl/N-ethyl adjacent to an activating group) is 1. The van der Waals surface area contributed by atoms with Gasteiger partial charge in [-0.2, -0.15) is 0 Å². The average molecular weight is 366 g/mol. The molecule has 0 aromatic heterocycles. The highest BCUT2D eigenvalue weighted by Gasteiger charge is 2.10. The third kappa shape index (κ3) is 4.29. The maximum absolute atomic E-state index is 11.1. The van der Waals surface area contributed by atoms with Gasteiger partial charge in [0, 0.05) is 13.6 Å². The van der Waals surface area contributed by atoms with Crippen molar-refractivity contribution in [1.82, 2.24) is 10.6 Å². The molecule has 0 aliphatic carbocycles. The highest BCUT2D eigenvalue weighted by Crippen LogP contribution is 2.34. The molecule has 94 valence electrons. The van der Waals surface area contributed by atoms with Crippen LogP contribution >= 0.6 is 31.9 Å². The largest absolute Gasteiger partial charge is 0.481 e. The number of ether oxygens (including phenoxy) is 1. The molecule has 1 aromatic carbocycles. The monoisotopic (exact) mass is 364 g/mol. The van der Waals surface area contributed by atoms with Gasteiger partial charge < -0.3 is 15.4 Å². The molecular weight excluding hydrogens is 352 g/mol. The Morgan fingerprint density at radius 1 is 1.29 bits per heavy atom. The smallest absolute Gasteiger partial charge is 0.257 e. The van der Waals surface area contributed by atoms with Gasteiger partial charge in [0.25, 0.3) is 5.91 Å². The Bertz CT molecular complexity index is 387. The van der Waals surface area contributed by atoms with Gasteiger partial charge in [0.2, 0.25) is 0 Å². The number of nitrogens with one attached hydrogen (secondary N) is 2. The lowest BCUT2D eigenvalue weighted by Gasteiger charge is -2.11. The highest BCUT2D eigenvalue weighted by atomic mass is 79.9. The minimum absolute atomic E-state index is 0.000918. The van der Waals surface area contributed by atoms with Crippen LogP contribution in [0.15, 0.2) is 21.1 Å². The van der Waals surface area contributed by atoms with Crippen molar-refractivity contribution < 1.29 is 9.53 Å². The summed E-state index contributed by atoms with van der Waals surface area (Å²) >= 11 is 6.85. The summed E-state index contributed by atoms with van der Waals surface area (Å²) in [6.45, 7) is 0.770. The van der Waals surface area contributed by atoms with Crippen LogP contribution in [0.2, 0.25) is 0 Å². The predicted octanol–water partition coefficient (Wildman–Crippen LogP) is 2.06. The van der Waals surface area contributed by atoms with E-state index < -0.39 is 0 Å². The molecule has 0 aliphatic rings. The zero-order chi connectivity index (χ0) is 12.8.